The SMILES string of the molecule is OCCC[CH2][Ge]([CH2]CCCO)([CH2]CCCO)[CH2]CCCO. The fraction of sp³-hybridized carbons (Fsp3) is 1.00. The molecule has 0 aliphatic rings. The van der Waals surface area contributed by atoms with Gasteiger partial charge in [-0.2, -0.15) is 0 Å². The van der Waals surface area contributed by atoms with Gasteiger partial charge in [-0.15, -0.1) is 0 Å². The summed E-state index contributed by atoms with van der Waals surface area (Å²) in [4.78, 5) is 0. The summed E-state index contributed by atoms with van der Waals surface area (Å²) < 4.78 is 0. The topological polar surface area (TPSA) is 80.9 Å². The van der Waals surface area contributed by atoms with Crippen molar-refractivity contribution in [2.45, 2.75) is 72.4 Å². The van der Waals surface area contributed by atoms with E-state index in [2.05, 4.69) is 0 Å². The van der Waals surface area contributed by atoms with E-state index in [0.717, 1.165) is 51.4 Å². The quantitative estimate of drug-likeness (QED) is 0.250. The number of rotatable bonds is 16. The molecule has 0 aliphatic carbocycles. The fourth-order valence-corrected chi connectivity index (χ4v) is 14.7. The summed E-state index contributed by atoms with van der Waals surface area (Å²) in [5.41, 5.74) is 0. The molecule has 0 heterocycles. The van der Waals surface area contributed by atoms with E-state index in [1.165, 1.54) is 21.0 Å². The number of hydrogen-bond donors (Lipinski definition) is 4. The van der Waals surface area contributed by atoms with Crippen molar-refractivity contribution >= 4 is 13.3 Å². The first-order valence-electron chi connectivity index (χ1n) is 8.68. The first-order chi connectivity index (χ1) is 10.2. The van der Waals surface area contributed by atoms with Crippen LogP contribution in [0.15, 0.2) is 0 Å². The molecule has 0 radical (unpaired) electrons. The van der Waals surface area contributed by atoms with Crippen LogP contribution in [0.25, 0.3) is 0 Å². The van der Waals surface area contributed by atoms with E-state index in [4.69, 9.17) is 20.4 Å². The molecule has 0 rings (SSSR count). The molecule has 0 atom stereocenters. The summed E-state index contributed by atoms with van der Waals surface area (Å²) in [6.07, 6.45) is 8.06. The van der Waals surface area contributed by atoms with Gasteiger partial charge < -0.3 is 0 Å². The van der Waals surface area contributed by atoms with Gasteiger partial charge in [-0.05, 0) is 0 Å². The van der Waals surface area contributed by atoms with Crippen molar-refractivity contribution in [2.75, 3.05) is 26.4 Å². The summed E-state index contributed by atoms with van der Waals surface area (Å²) in [6, 6.07) is 0. The summed E-state index contributed by atoms with van der Waals surface area (Å²) in [6.45, 7) is 1.12. The van der Waals surface area contributed by atoms with Crippen LogP contribution in [0.2, 0.25) is 21.0 Å². The Labute approximate surface area is 132 Å². The second kappa shape index (κ2) is 15.3. The third kappa shape index (κ3) is 11.6. The Kier molecular flexibility index (Phi) is 15.6. The number of unbranched alkanes of at least 4 members (excludes halogenated alkanes) is 4. The maximum absolute atomic E-state index is 9.03. The van der Waals surface area contributed by atoms with E-state index in [1.54, 1.807) is 0 Å². The van der Waals surface area contributed by atoms with E-state index in [9.17, 15) is 0 Å². The summed E-state index contributed by atoms with van der Waals surface area (Å²) >= 11 is -1.97. The monoisotopic (exact) mass is 366 g/mol. The molecule has 4 nitrogen and oxygen atoms in total. The van der Waals surface area contributed by atoms with Crippen LogP contribution in [0.5, 0.6) is 0 Å². The summed E-state index contributed by atoms with van der Waals surface area (Å²) in [7, 11) is 0. The molecule has 0 unspecified atom stereocenters. The van der Waals surface area contributed by atoms with E-state index in [0.29, 0.717) is 0 Å². The molecule has 0 amide bonds. The Balaban J connectivity index is 4.52. The van der Waals surface area contributed by atoms with Gasteiger partial charge in [0.15, 0.2) is 0 Å². The molecule has 0 aliphatic heterocycles. The molecular weight excluding hydrogens is 329 g/mol. The molecule has 0 fully saturated rings. The predicted molar refractivity (Wildman–Crippen MR) is 90.3 cm³/mol. The van der Waals surface area contributed by atoms with E-state index in [-0.39, 0.29) is 26.4 Å². The Morgan fingerprint density at radius 3 is 0.810 bits per heavy atom. The van der Waals surface area contributed by atoms with Crippen LogP contribution in [0.1, 0.15) is 51.4 Å². The molecule has 0 spiro atoms. The number of aliphatic hydroxyl groups excluding tert-OH is 4. The van der Waals surface area contributed by atoms with Gasteiger partial charge in [0.1, 0.15) is 0 Å². The first kappa shape index (κ1) is 21.4. The van der Waals surface area contributed by atoms with Gasteiger partial charge in [-0.1, -0.05) is 0 Å². The molecule has 0 bridgehead atoms. The van der Waals surface area contributed by atoms with Crippen molar-refractivity contribution in [1.29, 1.82) is 0 Å². The van der Waals surface area contributed by atoms with Crippen LogP contribution in [-0.2, 0) is 0 Å². The van der Waals surface area contributed by atoms with Crippen molar-refractivity contribution in [3.8, 4) is 0 Å². The minimum absolute atomic E-state index is 0.280. The Hall–Kier alpha value is 0.383. The zero-order valence-electron chi connectivity index (χ0n) is 13.6. The van der Waals surface area contributed by atoms with Crippen LogP contribution < -0.4 is 0 Å². The van der Waals surface area contributed by atoms with Crippen molar-refractivity contribution in [3.05, 3.63) is 0 Å². The van der Waals surface area contributed by atoms with Gasteiger partial charge in [-0.3, -0.25) is 0 Å². The van der Waals surface area contributed by atoms with Crippen LogP contribution in [-0.4, -0.2) is 60.1 Å². The molecule has 0 aromatic rings. The van der Waals surface area contributed by atoms with Crippen LogP contribution in [0.3, 0.4) is 0 Å². The van der Waals surface area contributed by atoms with E-state index >= 15 is 0 Å². The summed E-state index contributed by atoms with van der Waals surface area (Å²) in [5.74, 6) is 0. The fourth-order valence-electron chi connectivity index (χ4n) is 3.20. The molecule has 0 aromatic carbocycles. The molecule has 21 heavy (non-hydrogen) atoms. The van der Waals surface area contributed by atoms with Crippen LogP contribution in [0.4, 0.5) is 0 Å². The Morgan fingerprint density at radius 1 is 0.381 bits per heavy atom. The number of hydrogen-bond acceptors (Lipinski definition) is 4. The van der Waals surface area contributed by atoms with Crippen molar-refractivity contribution in [1.82, 2.24) is 0 Å². The van der Waals surface area contributed by atoms with Gasteiger partial charge >= 0.3 is 132 Å². The van der Waals surface area contributed by atoms with Crippen LogP contribution in [0, 0.1) is 0 Å². The van der Waals surface area contributed by atoms with Gasteiger partial charge in [0.05, 0.1) is 0 Å². The van der Waals surface area contributed by atoms with Crippen molar-refractivity contribution < 1.29 is 20.4 Å². The van der Waals surface area contributed by atoms with Crippen LogP contribution >= 0.6 is 0 Å². The molecule has 4 N–H and O–H groups in total. The second-order valence-electron chi connectivity index (χ2n) is 6.22. The standard InChI is InChI=1S/C16H36GeO4/c18-13-5-1-9-17(10-2-6-14-19,11-3-7-15-20)12-4-8-16-21/h18-21H,1-16H2. The predicted octanol–water partition coefficient (Wildman–Crippen LogP) is 2.53. The van der Waals surface area contributed by atoms with E-state index < -0.39 is 13.3 Å². The van der Waals surface area contributed by atoms with Gasteiger partial charge in [-0.25, -0.2) is 0 Å². The first-order valence-corrected chi connectivity index (χ1v) is 14.6. The molecular formula is C16H36GeO4. The zero-order valence-corrected chi connectivity index (χ0v) is 15.7. The van der Waals surface area contributed by atoms with Gasteiger partial charge in [0, 0.05) is 0 Å². The average molecular weight is 365 g/mol. The molecule has 5 heteroatoms. The molecule has 0 saturated heterocycles. The number of aliphatic hydroxyl groups is 4. The Bertz CT molecular complexity index is 169. The third-order valence-corrected chi connectivity index (χ3v) is 16.3. The second-order valence-corrected chi connectivity index (χ2v) is 16.7. The van der Waals surface area contributed by atoms with Gasteiger partial charge in [0.25, 0.3) is 0 Å². The molecule has 0 saturated carbocycles. The third-order valence-electron chi connectivity index (χ3n) is 4.46. The van der Waals surface area contributed by atoms with Crippen molar-refractivity contribution in [2.24, 2.45) is 0 Å². The molecule has 0 aromatic heterocycles. The molecule has 128 valence electrons. The summed E-state index contributed by atoms with van der Waals surface area (Å²) in [5, 5.41) is 41.3. The minimum atomic E-state index is -1.97. The normalized spacial score (nSPS) is 12.0. The average Bonchev–Trinajstić information content (AvgIpc) is 2.48. The van der Waals surface area contributed by atoms with Crippen molar-refractivity contribution in [3.63, 3.8) is 0 Å². The maximum atomic E-state index is 9.03. The Morgan fingerprint density at radius 2 is 0.619 bits per heavy atom. The van der Waals surface area contributed by atoms with Gasteiger partial charge in [0.2, 0.25) is 0 Å². The zero-order chi connectivity index (χ0) is 15.8. The van der Waals surface area contributed by atoms with E-state index in [1.807, 2.05) is 0 Å².